The highest BCUT2D eigenvalue weighted by Crippen LogP contribution is 2.31. The van der Waals surface area contributed by atoms with Gasteiger partial charge in [-0.2, -0.15) is 5.10 Å². The third kappa shape index (κ3) is 1.47. The molecule has 1 aromatic carbocycles. The van der Waals surface area contributed by atoms with E-state index in [0.29, 0.717) is 16.7 Å². The molecule has 2 heterocycles. The summed E-state index contributed by atoms with van der Waals surface area (Å²) in [6.07, 6.45) is 0.732. The number of rotatable bonds is 1. The topological polar surface area (TPSA) is 68.3 Å². The fraction of sp³-hybridized carbons (Fsp3) is 0.286. The molecule has 1 N–H and O–H groups in total. The number of hydrogen-bond acceptors (Lipinski definition) is 4. The van der Waals surface area contributed by atoms with Crippen molar-refractivity contribution < 1.29 is 9.52 Å². The van der Waals surface area contributed by atoms with E-state index in [9.17, 15) is 9.90 Å². The lowest BCUT2D eigenvalue weighted by Crippen LogP contribution is -2.05. The van der Waals surface area contributed by atoms with Gasteiger partial charge in [0.25, 0.3) is 0 Å². The molecule has 0 aliphatic carbocycles. The molecular formula is C14H14N2O3. The van der Waals surface area contributed by atoms with Crippen LogP contribution in [0.1, 0.15) is 18.2 Å². The Labute approximate surface area is 109 Å². The first-order valence-electron chi connectivity index (χ1n) is 6.15. The molecule has 0 atom stereocenters. The number of phenols is 1. The van der Waals surface area contributed by atoms with Crippen LogP contribution < -0.4 is 5.63 Å². The van der Waals surface area contributed by atoms with E-state index in [-0.39, 0.29) is 5.75 Å². The molecule has 0 spiro atoms. The zero-order valence-electron chi connectivity index (χ0n) is 11.0. The van der Waals surface area contributed by atoms with Gasteiger partial charge in [-0.3, -0.25) is 4.68 Å². The van der Waals surface area contributed by atoms with Crippen molar-refractivity contribution >= 4 is 21.9 Å². The molecule has 2 aromatic heterocycles. The number of benzene rings is 1. The van der Waals surface area contributed by atoms with Gasteiger partial charge in [-0.25, -0.2) is 4.79 Å². The summed E-state index contributed by atoms with van der Waals surface area (Å²) in [5.74, 6) is 0.122. The first-order valence-corrected chi connectivity index (χ1v) is 6.15. The van der Waals surface area contributed by atoms with Gasteiger partial charge in [0.2, 0.25) is 0 Å². The highest BCUT2D eigenvalue weighted by Gasteiger charge is 2.18. The SMILES string of the molecule is CCc1nn(C)c2c(=O)oc3c(C)c(O)ccc3c12. The number of fused-ring (bicyclic) bond motifs is 3. The van der Waals surface area contributed by atoms with E-state index in [1.54, 1.807) is 30.8 Å². The monoisotopic (exact) mass is 258 g/mol. The number of phenolic OH excluding ortho intramolecular Hbond substituents is 1. The maximum absolute atomic E-state index is 12.1. The summed E-state index contributed by atoms with van der Waals surface area (Å²) in [4.78, 5) is 12.1. The first kappa shape index (κ1) is 11.8. The third-order valence-corrected chi connectivity index (χ3v) is 3.49. The minimum atomic E-state index is -0.425. The Kier molecular flexibility index (Phi) is 2.38. The highest BCUT2D eigenvalue weighted by molar-refractivity contribution is 6.06. The highest BCUT2D eigenvalue weighted by atomic mass is 16.4. The summed E-state index contributed by atoms with van der Waals surface area (Å²) < 4.78 is 6.91. The Balaban J connectivity index is 2.67. The van der Waals surface area contributed by atoms with Crippen molar-refractivity contribution in [2.75, 3.05) is 0 Å². The number of aromatic hydroxyl groups is 1. The lowest BCUT2D eigenvalue weighted by atomic mass is 10.1. The fourth-order valence-electron chi connectivity index (χ4n) is 2.49. The Morgan fingerprint density at radius 3 is 2.84 bits per heavy atom. The van der Waals surface area contributed by atoms with Crippen LogP contribution in [0.25, 0.3) is 21.9 Å². The minimum absolute atomic E-state index is 0.122. The minimum Gasteiger partial charge on any atom is -0.508 e. The van der Waals surface area contributed by atoms with Crippen molar-refractivity contribution in [1.82, 2.24) is 9.78 Å². The van der Waals surface area contributed by atoms with E-state index < -0.39 is 5.63 Å². The third-order valence-electron chi connectivity index (χ3n) is 3.49. The Morgan fingerprint density at radius 1 is 1.42 bits per heavy atom. The molecule has 0 bridgehead atoms. The average molecular weight is 258 g/mol. The molecule has 0 aliphatic rings. The molecule has 5 heteroatoms. The summed E-state index contributed by atoms with van der Waals surface area (Å²) in [5.41, 5.74) is 1.91. The van der Waals surface area contributed by atoms with Crippen LogP contribution in [0.2, 0.25) is 0 Å². The van der Waals surface area contributed by atoms with Gasteiger partial charge in [-0.15, -0.1) is 0 Å². The largest absolute Gasteiger partial charge is 0.508 e. The Bertz CT molecular complexity index is 859. The van der Waals surface area contributed by atoms with Crippen LogP contribution in [-0.4, -0.2) is 14.9 Å². The van der Waals surface area contributed by atoms with Crippen LogP contribution in [0.3, 0.4) is 0 Å². The number of nitrogens with zero attached hydrogens (tertiary/aromatic N) is 2. The first-order chi connectivity index (χ1) is 9.04. The number of aromatic nitrogens is 2. The van der Waals surface area contributed by atoms with Crippen LogP contribution in [0, 0.1) is 6.92 Å². The maximum Gasteiger partial charge on any atom is 0.362 e. The van der Waals surface area contributed by atoms with E-state index in [0.717, 1.165) is 22.9 Å². The second-order valence-electron chi connectivity index (χ2n) is 4.62. The van der Waals surface area contributed by atoms with Crippen molar-refractivity contribution in [3.63, 3.8) is 0 Å². The Hall–Kier alpha value is -2.30. The van der Waals surface area contributed by atoms with Crippen molar-refractivity contribution in [1.29, 1.82) is 0 Å². The van der Waals surface area contributed by atoms with Crippen LogP contribution in [-0.2, 0) is 13.5 Å². The number of hydrogen-bond donors (Lipinski definition) is 1. The fourth-order valence-corrected chi connectivity index (χ4v) is 2.49. The molecular weight excluding hydrogens is 244 g/mol. The molecule has 0 aliphatic heterocycles. The standard InChI is InChI=1S/C14H14N2O3/c1-4-9-11-8-5-6-10(17)7(2)13(8)19-14(18)12(11)16(3)15-9/h5-6,17H,4H2,1-3H3. The number of aryl methyl sites for hydroxylation is 3. The molecule has 3 aromatic rings. The smallest absolute Gasteiger partial charge is 0.362 e. The van der Waals surface area contributed by atoms with Gasteiger partial charge in [0.1, 0.15) is 11.3 Å². The van der Waals surface area contributed by atoms with Gasteiger partial charge in [0.05, 0.1) is 5.69 Å². The predicted molar refractivity (Wildman–Crippen MR) is 72.5 cm³/mol. The van der Waals surface area contributed by atoms with E-state index in [1.165, 1.54) is 0 Å². The predicted octanol–water partition coefficient (Wildman–Crippen LogP) is 2.26. The van der Waals surface area contributed by atoms with Gasteiger partial charge in [-0.1, -0.05) is 6.92 Å². The van der Waals surface area contributed by atoms with Crippen molar-refractivity contribution in [3.05, 3.63) is 33.8 Å². The van der Waals surface area contributed by atoms with E-state index in [2.05, 4.69) is 5.10 Å². The second-order valence-corrected chi connectivity index (χ2v) is 4.62. The van der Waals surface area contributed by atoms with Crippen LogP contribution in [0.15, 0.2) is 21.3 Å². The van der Waals surface area contributed by atoms with Gasteiger partial charge in [0, 0.05) is 23.4 Å². The summed E-state index contributed by atoms with van der Waals surface area (Å²) in [6, 6.07) is 3.38. The molecule has 0 radical (unpaired) electrons. The average Bonchev–Trinajstić information content (AvgIpc) is 2.73. The molecule has 0 amide bonds. The van der Waals surface area contributed by atoms with E-state index in [4.69, 9.17) is 4.42 Å². The van der Waals surface area contributed by atoms with Crippen molar-refractivity contribution in [3.8, 4) is 5.75 Å². The van der Waals surface area contributed by atoms with Gasteiger partial charge >= 0.3 is 5.63 Å². The quantitative estimate of drug-likeness (QED) is 0.680. The second kappa shape index (κ2) is 3.85. The molecule has 0 saturated heterocycles. The van der Waals surface area contributed by atoms with E-state index in [1.807, 2.05) is 6.92 Å². The zero-order chi connectivity index (χ0) is 13.7. The normalized spacial score (nSPS) is 11.5. The summed E-state index contributed by atoms with van der Waals surface area (Å²) >= 11 is 0. The lowest BCUT2D eigenvalue weighted by molar-refractivity contribution is 0.468. The molecule has 0 saturated carbocycles. The van der Waals surface area contributed by atoms with Crippen molar-refractivity contribution in [2.45, 2.75) is 20.3 Å². The lowest BCUT2D eigenvalue weighted by Gasteiger charge is -2.04. The summed E-state index contributed by atoms with van der Waals surface area (Å²) in [5, 5.41) is 15.7. The van der Waals surface area contributed by atoms with E-state index >= 15 is 0 Å². The van der Waals surface area contributed by atoms with Gasteiger partial charge < -0.3 is 9.52 Å². The summed E-state index contributed by atoms with van der Waals surface area (Å²) in [6.45, 7) is 3.73. The van der Waals surface area contributed by atoms with Gasteiger partial charge in [-0.05, 0) is 25.5 Å². The maximum atomic E-state index is 12.1. The van der Waals surface area contributed by atoms with Gasteiger partial charge in [0.15, 0.2) is 5.52 Å². The molecule has 3 rings (SSSR count). The molecule has 19 heavy (non-hydrogen) atoms. The van der Waals surface area contributed by atoms with Crippen LogP contribution in [0.4, 0.5) is 0 Å². The molecule has 5 nitrogen and oxygen atoms in total. The van der Waals surface area contributed by atoms with Crippen molar-refractivity contribution in [2.24, 2.45) is 7.05 Å². The summed E-state index contributed by atoms with van der Waals surface area (Å²) in [7, 11) is 1.73. The van der Waals surface area contributed by atoms with Crippen LogP contribution in [0.5, 0.6) is 5.75 Å². The van der Waals surface area contributed by atoms with Crippen LogP contribution >= 0.6 is 0 Å². The zero-order valence-corrected chi connectivity index (χ0v) is 11.0. The Morgan fingerprint density at radius 2 is 2.16 bits per heavy atom. The molecule has 0 unspecified atom stereocenters. The molecule has 98 valence electrons. The molecule has 0 fully saturated rings.